The van der Waals surface area contributed by atoms with Gasteiger partial charge >= 0.3 is 0 Å². The van der Waals surface area contributed by atoms with Gasteiger partial charge in [0.15, 0.2) is 5.96 Å². The number of nitrogens with one attached hydrogen (secondary N) is 2. The smallest absolute Gasteiger partial charge is 0.222 e. The second kappa shape index (κ2) is 9.01. The number of likely N-dealkylation sites (tertiary alicyclic amines) is 1. The lowest BCUT2D eigenvalue weighted by atomic mass is 10.3. The summed E-state index contributed by atoms with van der Waals surface area (Å²) >= 11 is 1.78. The maximum absolute atomic E-state index is 11.7. The van der Waals surface area contributed by atoms with Gasteiger partial charge in [-0.25, -0.2) is 4.98 Å². The van der Waals surface area contributed by atoms with Gasteiger partial charge in [-0.2, -0.15) is 0 Å². The number of aryl methyl sites for hydroxylation is 2. The summed E-state index contributed by atoms with van der Waals surface area (Å²) in [5.41, 5.74) is 1.21. The third kappa shape index (κ3) is 4.93. The molecule has 6 nitrogen and oxygen atoms in total. The maximum atomic E-state index is 11.7. The predicted molar refractivity (Wildman–Crippen MR) is 99.7 cm³/mol. The molecule has 134 valence electrons. The van der Waals surface area contributed by atoms with Gasteiger partial charge in [0, 0.05) is 50.4 Å². The Morgan fingerprint density at radius 1 is 1.46 bits per heavy atom. The molecule has 0 saturated carbocycles. The molecule has 1 unspecified atom stereocenters. The van der Waals surface area contributed by atoms with Crippen molar-refractivity contribution in [2.24, 2.45) is 4.99 Å². The van der Waals surface area contributed by atoms with Crippen LogP contribution in [0.15, 0.2) is 4.99 Å². The summed E-state index contributed by atoms with van der Waals surface area (Å²) in [6, 6.07) is 0.278. The van der Waals surface area contributed by atoms with Crippen LogP contribution in [0.25, 0.3) is 0 Å². The minimum atomic E-state index is 0.230. The topological polar surface area (TPSA) is 69.6 Å². The number of guanidine groups is 1. The number of aliphatic imine (C=N–C) groups is 1. The zero-order valence-corrected chi connectivity index (χ0v) is 16.0. The van der Waals surface area contributed by atoms with Gasteiger partial charge in [-0.3, -0.25) is 9.79 Å². The summed E-state index contributed by atoms with van der Waals surface area (Å²) in [6.07, 6.45) is 3.44. The molecule has 1 atom stereocenters. The lowest BCUT2D eigenvalue weighted by Crippen LogP contribution is -2.45. The number of nitrogens with zero attached hydrogens (tertiary/aromatic N) is 3. The van der Waals surface area contributed by atoms with Crippen LogP contribution in [0.1, 0.15) is 42.3 Å². The standard InChI is InChI=1S/C17H29N5OS/c1-5-14-12(3)24-15(21-14)7-9-19-17(18-4)20-13-8-10-22(11-13)16(23)6-2/h13H,5-11H2,1-4H3,(H2,18,19,20). The fourth-order valence-corrected chi connectivity index (χ4v) is 3.95. The van der Waals surface area contributed by atoms with Gasteiger partial charge in [-0.15, -0.1) is 11.3 Å². The van der Waals surface area contributed by atoms with Gasteiger partial charge in [0.05, 0.1) is 10.7 Å². The third-order valence-electron chi connectivity index (χ3n) is 4.31. The molecule has 1 fully saturated rings. The second-order valence-electron chi connectivity index (χ2n) is 6.04. The molecule has 24 heavy (non-hydrogen) atoms. The first kappa shape index (κ1) is 18.7. The Bertz CT molecular complexity index is 584. The van der Waals surface area contributed by atoms with E-state index in [9.17, 15) is 4.79 Å². The molecule has 0 radical (unpaired) electrons. The van der Waals surface area contributed by atoms with Crippen molar-refractivity contribution in [2.75, 3.05) is 26.7 Å². The molecule has 0 aromatic carbocycles. The molecule has 2 heterocycles. The van der Waals surface area contributed by atoms with E-state index in [1.807, 2.05) is 11.8 Å². The average Bonchev–Trinajstić information content (AvgIpc) is 3.19. The Morgan fingerprint density at radius 3 is 2.88 bits per heavy atom. The summed E-state index contributed by atoms with van der Waals surface area (Å²) in [5, 5.41) is 7.94. The van der Waals surface area contributed by atoms with Crippen LogP contribution in [0.3, 0.4) is 0 Å². The van der Waals surface area contributed by atoms with Crippen molar-refractivity contribution in [3.8, 4) is 0 Å². The lowest BCUT2D eigenvalue weighted by Gasteiger charge is -2.18. The number of thiazole rings is 1. The zero-order chi connectivity index (χ0) is 17.5. The van der Waals surface area contributed by atoms with Gasteiger partial charge in [-0.1, -0.05) is 13.8 Å². The first-order valence-corrected chi connectivity index (χ1v) is 9.59. The number of hydrogen-bond donors (Lipinski definition) is 2. The van der Waals surface area contributed by atoms with E-state index in [4.69, 9.17) is 0 Å². The SMILES string of the molecule is CCC(=O)N1CCC(NC(=NC)NCCc2nc(CC)c(C)s2)C1. The number of carbonyl (C=O) groups excluding carboxylic acids is 1. The Balaban J connectivity index is 1.75. The fourth-order valence-electron chi connectivity index (χ4n) is 2.93. The summed E-state index contributed by atoms with van der Waals surface area (Å²) in [7, 11) is 1.78. The quantitative estimate of drug-likeness (QED) is 0.605. The Kier molecular flexibility index (Phi) is 7.02. The van der Waals surface area contributed by atoms with Gasteiger partial charge in [0.25, 0.3) is 0 Å². The zero-order valence-electron chi connectivity index (χ0n) is 15.2. The lowest BCUT2D eigenvalue weighted by molar-refractivity contribution is -0.129. The number of hydrogen-bond acceptors (Lipinski definition) is 4. The number of carbonyl (C=O) groups is 1. The van der Waals surface area contributed by atoms with Crippen molar-refractivity contribution in [1.82, 2.24) is 20.5 Å². The first-order valence-electron chi connectivity index (χ1n) is 8.77. The van der Waals surface area contributed by atoms with Crippen LogP contribution < -0.4 is 10.6 Å². The monoisotopic (exact) mass is 351 g/mol. The van der Waals surface area contributed by atoms with Gasteiger partial charge in [-0.05, 0) is 19.8 Å². The molecule has 2 rings (SSSR count). The molecule has 1 amide bonds. The number of aromatic nitrogens is 1. The largest absolute Gasteiger partial charge is 0.356 e. The van der Waals surface area contributed by atoms with E-state index < -0.39 is 0 Å². The summed E-state index contributed by atoms with van der Waals surface area (Å²) < 4.78 is 0. The van der Waals surface area contributed by atoms with Crippen molar-refractivity contribution < 1.29 is 4.79 Å². The third-order valence-corrected chi connectivity index (χ3v) is 5.38. The van der Waals surface area contributed by atoms with Crippen LogP contribution in [-0.4, -0.2) is 54.5 Å². The summed E-state index contributed by atoms with van der Waals surface area (Å²) in [5.74, 6) is 1.03. The molecular formula is C17H29N5OS. The summed E-state index contributed by atoms with van der Waals surface area (Å²) in [4.78, 5) is 23.9. The van der Waals surface area contributed by atoms with E-state index in [2.05, 4.69) is 34.5 Å². The highest BCUT2D eigenvalue weighted by Crippen LogP contribution is 2.18. The van der Waals surface area contributed by atoms with Crippen molar-refractivity contribution in [3.05, 3.63) is 15.6 Å². The predicted octanol–water partition coefficient (Wildman–Crippen LogP) is 1.73. The maximum Gasteiger partial charge on any atom is 0.222 e. The van der Waals surface area contributed by atoms with E-state index in [1.54, 1.807) is 18.4 Å². The average molecular weight is 352 g/mol. The molecule has 7 heteroatoms. The van der Waals surface area contributed by atoms with E-state index in [1.165, 1.54) is 15.6 Å². The minimum Gasteiger partial charge on any atom is -0.356 e. The molecule has 1 saturated heterocycles. The van der Waals surface area contributed by atoms with Crippen molar-refractivity contribution >= 4 is 23.2 Å². The number of amides is 1. The highest BCUT2D eigenvalue weighted by atomic mass is 32.1. The molecule has 0 aliphatic carbocycles. The highest BCUT2D eigenvalue weighted by Gasteiger charge is 2.25. The minimum absolute atomic E-state index is 0.230. The first-order chi connectivity index (χ1) is 11.6. The van der Waals surface area contributed by atoms with Crippen LogP contribution in [0.5, 0.6) is 0 Å². The summed E-state index contributed by atoms with van der Waals surface area (Å²) in [6.45, 7) is 8.59. The molecule has 0 bridgehead atoms. The van der Waals surface area contributed by atoms with Crippen molar-refractivity contribution in [1.29, 1.82) is 0 Å². The van der Waals surface area contributed by atoms with E-state index >= 15 is 0 Å². The molecular weight excluding hydrogens is 322 g/mol. The van der Waals surface area contributed by atoms with Gasteiger partial charge in [0.2, 0.25) is 5.91 Å². The Hall–Kier alpha value is -1.63. The van der Waals surface area contributed by atoms with Crippen LogP contribution >= 0.6 is 11.3 Å². The molecule has 1 aliphatic heterocycles. The fraction of sp³-hybridized carbons (Fsp3) is 0.706. The number of rotatable bonds is 6. The van der Waals surface area contributed by atoms with E-state index in [-0.39, 0.29) is 11.9 Å². The van der Waals surface area contributed by atoms with E-state index in [0.717, 1.165) is 44.9 Å². The molecule has 1 aromatic heterocycles. The normalized spacial score (nSPS) is 18.1. The van der Waals surface area contributed by atoms with Gasteiger partial charge < -0.3 is 15.5 Å². The molecule has 0 spiro atoms. The van der Waals surface area contributed by atoms with Crippen LogP contribution in [0.2, 0.25) is 0 Å². The Labute approximate surface area is 148 Å². The van der Waals surface area contributed by atoms with Gasteiger partial charge in [0.1, 0.15) is 0 Å². The van der Waals surface area contributed by atoms with Crippen LogP contribution in [0.4, 0.5) is 0 Å². The molecule has 2 N–H and O–H groups in total. The van der Waals surface area contributed by atoms with E-state index in [0.29, 0.717) is 6.42 Å². The van der Waals surface area contributed by atoms with Crippen molar-refractivity contribution in [3.63, 3.8) is 0 Å². The van der Waals surface area contributed by atoms with Crippen LogP contribution in [0, 0.1) is 6.92 Å². The van der Waals surface area contributed by atoms with Crippen molar-refractivity contribution in [2.45, 2.75) is 52.5 Å². The molecule has 1 aromatic rings. The second-order valence-corrected chi connectivity index (χ2v) is 7.32. The Morgan fingerprint density at radius 2 is 2.25 bits per heavy atom. The highest BCUT2D eigenvalue weighted by molar-refractivity contribution is 7.11. The van der Waals surface area contributed by atoms with Crippen LogP contribution in [-0.2, 0) is 17.6 Å². The molecule has 1 aliphatic rings.